The Kier molecular flexibility index (Phi) is 48.6. The molecule has 1 atom stereocenters. The van der Waals surface area contributed by atoms with Crippen LogP contribution in [0.2, 0.25) is 6.32 Å². The molecule has 13 aromatic rings. The molecule has 25 nitrogen and oxygen atoms in total. The molecule has 7 aliphatic rings. The second-order valence-electron chi connectivity index (χ2n) is 36.0. The van der Waals surface area contributed by atoms with Gasteiger partial charge < -0.3 is 67.6 Å². The zero-order valence-corrected chi connectivity index (χ0v) is 87.9. The summed E-state index contributed by atoms with van der Waals surface area (Å²) in [5.41, 5.74) is 30.9. The molecule has 10 aromatic carbocycles. The Morgan fingerprint density at radius 2 is 0.818 bits per heavy atom. The fourth-order valence-electron chi connectivity index (χ4n) is 18.3. The molecule has 5 aliphatic carbocycles. The Hall–Kier alpha value is -13.8. The minimum absolute atomic E-state index is 0. The number of nitrogen functional groups attached to an aromatic ring is 1. The van der Waals surface area contributed by atoms with Crippen molar-refractivity contribution in [3.05, 3.63) is 302 Å². The number of likely N-dealkylation sites (tertiary alicyclic amines) is 2. The molecule has 5 N–H and O–H groups in total. The number of esters is 2. The third-order valence-electron chi connectivity index (χ3n) is 25.8. The lowest BCUT2D eigenvalue weighted by Crippen LogP contribution is -2.27. The van der Waals surface area contributed by atoms with Crippen LogP contribution in [0.15, 0.2) is 218 Å². The van der Waals surface area contributed by atoms with E-state index in [1.165, 1.54) is 146 Å². The predicted molar refractivity (Wildman–Crippen MR) is 583 cm³/mol. The second-order valence-corrected chi connectivity index (χ2v) is 36.4. The number of fused-ring (bicyclic) bond motifs is 11. The molecule has 0 spiro atoms. The first-order chi connectivity index (χ1) is 71.3. The summed E-state index contributed by atoms with van der Waals surface area (Å²) in [5.74, 6) is 10.6. The van der Waals surface area contributed by atoms with Crippen LogP contribution in [0.25, 0.3) is 50.8 Å². The number of aliphatic hydroxyl groups is 1. The number of halogens is 4. The number of aromatic nitrogens is 6. The van der Waals surface area contributed by atoms with Crippen molar-refractivity contribution in [2.24, 2.45) is 11.8 Å². The molecular weight excluding hydrogens is 1900 g/mol. The van der Waals surface area contributed by atoms with E-state index in [4.69, 9.17) is 80.2 Å². The first-order valence-electron chi connectivity index (χ1n) is 50.2. The van der Waals surface area contributed by atoms with Crippen LogP contribution in [0.5, 0.6) is 46.0 Å². The topological polar surface area (TPSA) is 298 Å². The van der Waals surface area contributed by atoms with E-state index in [0.29, 0.717) is 44.6 Å². The number of hydrazine groups is 1. The number of nitrogens with one attached hydrogen (secondary N) is 1. The highest BCUT2D eigenvalue weighted by Gasteiger charge is 2.33. The number of nitrogens with zero attached hydrogens (tertiary/aromatic N) is 8. The summed E-state index contributed by atoms with van der Waals surface area (Å²) in [4.78, 5) is 59.5. The fraction of sp³-hybridized carbons (Fsp3) is 0.373. The van der Waals surface area contributed by atoms with E-state index in [2.05, 4.69) is 135 Å². The SMILES string of the molecule is C.CC(=O)OC(C)=O.CCO.CC[B]F.COc1ccc2c(c1)-c1c(c(C)nn1-c1ccc(O)cc1)CC2.COc1ccc2c(c1)-c1c(c(C)nn1-c1ccc(OCCCN3CCCC3)cc1)CC2.COc1ccc2c(c1)-c1c(c(C)nn1-c1ccc(OCc3ccccc3)cc1)CC2.COc1ccc2c(c1)C(=O)C(C(C)=O)CC2.COc1ccc2c(c1)C(=O)CCC2.Cc1ccc(NN)cc1.ClCCCN1CCCC1.FF. The van der Waals surface area contributed by atoms with Crippen molar-refractivity contribution in [3.63, 3.8) is 0 Å². The zero-order valence-electron chi connectivity index (χ0n) is 87.1. The number of aliphatic hydroxyl groups excluding tert-OH is 1. The predicted octanol–water partition coefficient (Wildman–Crippen LogP) is 23.8. The lowest BCUT2D eigenvalue weighted by Gasteiger charge is -2.21. The van der Waals surface area contributed by atoms with Gasteiger partial charge in [0.15, 0.2) is 11.6 Å². The van der Waals surface area contributed by atoms with E-state index in [1.54, 1.807) is 67.6 Å². The highest BCUT2D eigenvalue weighted by molar-refractivity contribution is 6.25. The Bertz CT molecular complexity index is 6360. The van der Waals surface area contributed by atoms with Crippen molar-refractivity contribution in [3.8, 4) is 96.8 Å². The molecule has 0 amide bonds. The van der Waals surface area contributed by atoms with Crippen LogP contribution in [0.1, 0.15) is 193 Å². The summed E-state index contributed by atoms with van der Waals surface area (Å²) in [6, 6.07) is 71.9. The summed E-state index contributed by atoms with van der Waals surface area (Å²) in [7, 11) is 8.93. The number of anilines is 1. The number of hydrogen-bond acceptors (Lipinski definition) is 22. The number of hydrogen-bond donors (Lipinski definition) is 4. The van der Waals surface area contributed by atoms with E-state index in [9.17, 15) is 33.4 Å². The lowest BCUT2D eigenvalue weighted by molar-refractivity contribution is -0.156. The van der Waals surface area contributed by atoms with Crippen molar-refractivity contribution in [2.45, 2.75) is 192 Å². The van der Waals surface area contributed by atoms with Gasteiger partial charge >= 0.3 is 19.5 Å². The quantitative estimate of drug-likeness (QED) is 0.00932. The first kappa shape index (κ1) is 118. The standard InChI is InChI=1S/C26H31N3O2.C26H24N2O2.C19H18N2O2.C13H14O3.C11H12O2.C7H14ClN.C7H10N2.C4H6O3.C2H5BF.C2H6O.CH4.F2/c1-19-24-13-7-20-6-10-23(30-2)18-25(20)26(24)29(27-19)21-8-11-22(12-9-21)31-17-5-16-28-14-3-4-15-28;1-18-24-15-9-20-8-12-23(29-2)16-25(20)26(24)28(27-18)21-10-13-22(14-11-21)30-17-19-6-4-3-5-7-19;1-12-17-10-4-13-3-9-16(23-2)11-18(13)19(17)21(20-12)14-5-7-15(22)8-6-14;1-8(14)11-6-4-9-3-5-10(16-2)7-12(9)13(11)15;1-13-9-6-5-8-3-2-4-11(12)10(8)7-9;8-4-3-7-9-5-1-2-6-9;1-6-2-4-7(9-8)5-3-6;1-3(5)7-4(2)6;1-2-3-4;1-2-3;;1-2/h6,8-12,18H,3-5,7,13-17H2,1-2H3;3-8,10-14,16H,9,15,17H2,1-2H3;3,5-9,11,22H,4,10H2,1-2H3;3,5,7,11H,4,6H2,1-2H3;5-7H,2-4H2,1H3;1-7H2;2-5,9H,8H2,1H3;1-2H3;2H2,1H3;3H,2H2,1H3;1H4;. The van der Waals surface area contributed by atoms with Gasteiger partial charge in [-0.05, 0) is 362 Å². The number of ketones is 3. The van der Waals surface area contributed by atoms with Crippen LogP contribution in [-0.2, 0) is 77.1 Å². The number of aryl methyl sites for hydroxylation is 9. The Morgan fingerprint density at radius 1 is 0.459 bits per heavy atom. The van der Waals surface area contributed by atoms with Gasteiger partial charge in [-0.1, -0.05) is 92.7 Å². The van der Waals surface area contributed by atoms with E-state index >= 15 is 0 Å². The van der Waals surface area contributed by atoms with Gasteiger partial charge in [-0.2, -0.15) is 15.3 Å². The normalized spacial score (nSPS) is 13.6. The Balaban J connectivity index is 0.000000194. The molecule has 148 heavy (non-hydrogen) atoms. The van der Waals surface area contributed by atoms with E-state index in [1.807, 2.05) is 127 Å². The Morgan fingerprint density at radius 3 is 1.18 bits per heavy atom. The van der Waals surface area contributed by atoms with Crippen LogP contribution in [-0.4, -0.2) is 180 Å². The number of ether oxygens (including phenoxy) is 8. The highest BCUT2D eigenvalue weighted by Crippen LogP contribution is 2.43. The lowest BCUT2D eigenvalue weighted by atomic mass is 9.81. The average molecular weight is 2050 g/mol. The van der Waals surface area contributed by atoms with Gasteiger partial charge in [0.05, 0.1) is 99.3 Å². The first-order valence-corrected chi connectivity index (χ1v) is 50.7. The van der Waals surface area contributed by atoms with Crippen LogP contribution in [0, 0.1) is 33.6 Å². The van der Waals surface area contributed by atoms with Gasteiger partial charge in [0, 0.05) is 98.6 Å². The Labute approximate surface area is 875 Å². The number of Topliss-reactive ketones (excluding diaryl/α,β-unsaturated/α-hetero) is 3. The summed E-state index contributed by atoms with van der Waals surface area (Å²) in [6.07, 6.45) is 18.5. The molecule has 787 valence electrons. The minimum Gasteiger partial charge on any atom is -0.508 e. The van der Waals surface area contributed by atoms with Gasteiger partial charge in [-0.3, -0.25) is 29.8 Å². The van der Waals surface area contributed by atoms with Crippen molar-refractivity contribution >= 4 is 54.1 Å². The van der Waals surface area contributed by atoms with E-state index in [-0.39, 0.29) is 37.1 Å². The fourth-order valence-corrected chi connectivity index (χ4v) is 18.4. The molecule has 2 fully saturated rings. The number of phenolic OH excluding ortho intramolecular Hbond substituents is 1. The van der Waals surface area contributed by atoms with Gasteiger partial charge in [-0.25, -0.2) is 14.0 Å². The maximum absolute atomic E-state index is 12.0. The van der Waals surface area contributed by atoms with Gasteiger partial charge in [-0.15, -0.1) is 11.6 Å². The number of carbonyl (C=O) groups is 5. The molecule has 20 rings (SSSR count). The largest absolute Gasteiger partial charge is 0.508 e. The maximum Gasteiger partial charge on any atom is 0.354 e. The van der Waals surface area contributed by atoms with Crippen molar-refractivity contribution < 1.29 is 85.5 Å². The summed E-state index contributed by atoms with van der Waals surface area (Å²) in [6.45, 7) is 24.6. The molecule has 3 aromatic heterocycles. The smallest absolute Gasteiger partial charge is 0.354 e. The molecule has 0 saturated carbocycles. The molecule has 5 heterocycles. The molecule has 1 unspecified atom stereocenters. The van der Waals surface area contributed by atoms with Crippen LogP contribution >= 0.6 is 11.6 Å². The van der Waals surface area contributed by atoms with Gasteiger partial charge in [0.2, 0.25) is 0 Å². The summed E-state index contributed by atoms with van der Waals surface area (Å²) >= 11 is 5.55. The monoisotopic (exact) mass is 2040 g/mol. The van der Waals surface area contributed by atoms with Gasteiger partial charge in [0.25, 0.3) is 0 Å². The number of methoxy groups -OCH3 is 5. The highest BCUT2D eigenvalue weighted by atomic mass is 35.5. The number of rotatable bonds is 22. The number of nitrogens with two attached hydrogens (primary N) is 1. The molecule has 1 radical (unpaired) electrons. The minimum atomic E-state index is -0.562. The zero-order chi connectivity index (χ0) is 106. The van der Waals surface area contributed by atoms with Crippen molar-refractivity contribution in [2.75, 3.05) is 99.3 Å². The van der Waals surface area contributed by atoms with Gasteiger partial charge in [0.1, 0.15) is 58.4 Å². The number of carbonyl (C=O) groups excluding carboxylic acids is 5. The molecular formula is C118H144BClF3N10O15. The second kappa shape index (κ2) is 61.1. The summed E-state index contributed by atoms with van der Waals surface area (Å²) in [5, 5.41) is 31.6. The summed E-state index contributed by atoms with van der Waals surface area (Å²) < 4.78 is 75.2. The van der Waals surface area contributed by atoms with E-state index < -0.39 is 17.9 Å². The van der Waals surface area contributed by atoms with Crippen molar-refractivity contribution in [1.29, 1.82) is 0 Å². The van der Waals surface area contributed by atoms with Crippen LogP contribution < -0.4 is 44.4 Å². The third-order valence-corrected chi connectivity index (χ3v) is 26.1. The van der Waals surface area contributed by atoms with Crippen molar-refractivity contribution in [1.82, 2.24) is 39.1 Å². The molecule has 30 heteroatoms. The molecule has 2 aliphatic heterocycles. The number of aromatic hydroxyl groups is 1. The molecule has 0 bridgehead atoms. The number of alkyl halides is 1. The van der Waals surface area contributed by atoms with Crippen LogP contribution in [0.3, 0.4) is 0 Å². The maximum atomic E-state index is 12.0. The number of phenols is 1. The van der Waals surface area contributed by atoms with Crippen LogP contribution in [0.4, 0.5) is 19.2 Å². The number of benzene rings is 10. The van der Waals surface area contributed by atoms with E-state index in [0.717, 1.165) is 192 Å². The average Bonchev–Trinajstić information content (AvgIpc) is 1.60. The molecule has 2 saturated heterocycles. The third kappa shape index (κ3) is 33.6.